The van der Waals surface area contributed by atoms with Crippen LogP contribution >= 0.6 is 0 Å². The van der Waals surface area contributed by atoms with Crippen molar-refractivity contribution in [1.82, 2.24) is 0 Å². The minimum atomic E-state index is -0.751. The lowest BCUT2D eigenvalue weighted by Gasteiger charge is -2.38. The van der Waals surface area contributed by atoms with Gasteiger partial charge in [0.25, 0.3) is 0 Å². The molecule has 2 rings (SSSR count). The zero-order valence-electron chi connectivity index (χ0n) is 10.9. The standard InChI is InChI=1S/C14H20N2O2/c1-9(14(17)18)10(2)16-8-4-5-11-12(15)6-3-7-13(11)16/h3,6-7,9-10H,4-5,8,15H2,1-2H3,(H,17,18). The average Bonchev–Trinajstić information content (AvgIpc) is 2.37. The summed E-state index contributed by atoms with van der Waals surface area (Å²) >= 11 is 0. The van der Waals surface area contributed by atoms with E-state index in [0.29, 0.717) is 0 Å². The number of carboxylic acid groups (broad SMARTS) is 1. The van der Waals surface area contributed by atoms with Crippen LogP contribution < -0.4 is 10.6 Å². The maximum absolute atomic E-state index is 11.1. The minimum Gasteiger partial charge on any atom is -0.481 e. The number of nitrogens with zero attached hydrogens (tertiary/aromatic N) is 1. The fraction of sp³-hybridized carbons (Fsp3) is 0.500. The minimum absolute atomic E-state index is 0.0247. The molecule has 0 saturated carbocycles. The van der Waals surface area contributed by atoms with E-state index in [1.807, 2.05) is 25.1 Å². The summed E-state index contributed by atoms with van der Waals surface area (Å²) in [5.74, 6) is -1.14. The highest BCUT2D eigenvalue weighted by Crippen LogP contribution is 2.33. The second kappa shape index (κ2) is 4.88. The van der Waals surface area contributed by atoms with E-state index in [1.54, 1.807) is 6.92 Å². The van der Waals surface area contributed by atoms with Crippen LogP contribution in [0.3, 0.4) is 0 Å². The summed E-state index contributed by atoms with van der Waals surface area (Å²) < 4.78 is 0. The molecular formula is C14H20N2O2. The summed E-state index contributed by atoms with van der Waals surface area (Å²) in [7, 11) is 0. The van der Waals surface area contributed by atoms with Crippen molar-refractivity contribution in [3.8, 4) is 0 Å². The number of carboxylic acids is 1. The monoisotopic (exact) mass is 248 g/mol. The molecular weight excluding hydrogens is 228 g/mol. The molecule has 98 valence electrons. The molecule has 1 aliphatic rings. The molecule has 1 aliphatic heterocycles. The molecule has 4 heteroatoms. The maximum atomic E-state index is 11.1. The predicted molar refractivity (Wildman–Crippen MR) is 72.8 cm³/mol. The first kappa shape index (κ1) is 12.7. The summed E-state index contributed by atoms with van der Waals surface area (Å²) in [4.78, 5) is 13.3. The molecule has 2 unspecified atom stereocenters. The van der Waals surface area contributed by atoms with Gasteiger partial charge in [-0.05, 0) is 44.4 Å². The number of hydrogen-bond donors (Lipinski definition) is 2. The third kappa shape index (κ3) is 2.15. The highest BCUT2D eigenvalue weighted by atomic mass is 16.4. The van der Waals surface area contributed by atoms with Crippen molar-refractivity contribution < 1.29 is 9.90 Å². The highest BCUT2D eigenvalue weighted by molar-refractivity contribution is 5.73. The van der Waals surface area contributed by atoms with Gasteiger partial charge in [-0.25, -0.2) is 0 Å². The lowest BCUT2D eigenvalue weighted by molar-refractivity contribution is -0.141. The number of hydrogen-bond acceptors (Lipinski definition) is 3. The molecule has 0 saturated heterocycles. The van der Waals surface area contributed by atoms with Crippen LogP contribution in [0.2, 0.25) is 0 Å². The van der Waals surface area contributed by atoms with Crippen molar-refractivity contribution >= 4 is 17.3 Å². The largest absolute Gasteiger partial charge is 0.481 e. The number of nitrogen functional groups attached to an aromatic ring is 1. The van der Waals surface area contributed by atoms with Gasteiger partial charge in [0, 0.05) is 24.0 Å². The summed E-state index contributed by atoms with van der Waals surface area (Å²) in [6.45, 7) is 4.62. The van der Waals surface area contributed by atoms with Gasteiger partial charge >= 0.3 is 5.97 Å². The lowest BCUT2D eigenvalue weighted by atomic mass is 9.94. The van der Waals surface area contributed by atoms with Crippen molar-refractivity contribution in [2.45, 2.75) is 32.7 Å². The van der Waals surface area contributed by atoms with E-state index in [1.165, 1.54) is 0 Å². The Labute approximate surface area is 107 Å². The number of nitrogens with two attached hydrogens (primary N) is 1. The van der Waals surface area contributed by atoms with Crippen molar-refractivity contribution in [2.75, 3.05) is 17.2 Å². The van der Waals surface area contributed by atoms with Crippen LogP contribution in [0.1, 0.15) is 25.8 Å². The lowest BCUT2D eigenvalue weighted by Crippen LogP contribution is -2.43. The van der Waals surface area contributed by atoms with Crippen LogP contribution in [0.4, 0.5) is 11.4 Å². The van der Waals surface area contributed by atoms with E-state index in [-0.39, 0.29) is 6.04 Å². The van der Waals surface area contributed by atoms with E-state index in [9.17, 15) is 4.79 Å². The second-order valence-electron chi connectivity index (χ2n) is 5.01. The number of anilines is 2. The van der Waals surface area contributed by atoms with E-state index in [4.69, 9.17) is 10.8 Å². The molecule has 0 amide bonds. The molecule has 18 heavy (non-hydrogen) atoms. The van der Waals surface area contributed by atoms with Crippen molar-refractivity contribution in [2.24, 2.45) is 5.92 Å². The van der Waals surface area contributed by atoms with Gasteiger partial charge in [-0.1, -0.05) is 6.07 Å². The van der Waals surface area contributed by atoms with Crippen LogP contribution in [0.15, 0.2) is 18.2 Å². The highest BCUT2D eigenvalue weighted by Gasteiger charge is 2.29. The van der Waals surface area contributed by atoms with Crippen molar-refractivity contribution in [1.29, 1.82) is 0 Å². The van der Waals surface area contributed by atoms with Gasteiger partial charge in [0.15, 0.2) is 0 Å². The number of rotatable bonds is 3. The van der Waals surface area contributed by atoms with Gasteiger partial charge in [0.1, 0.15) is 0 Å². The molecule has 3 N–H and O–H groups in total. The Morgan fingerprint density at radius 1 is 1.44 bits per heavy atom. The molecule has 1 aromatic carbocycles. The van der Waals surface area contributed by atoms with Gasteiger partial charge in [-0.3, -0.25) is 4.79 Å². The Morgan fingerprint density at radius 2 is 2.17 bits per heavy atom. The molecule has 1 heterocycles. The first-order valence-corrected chi connectivity index (χ1v) is 6.39. The molecule has 2 atom stereocenters. The molecule has 0 fully saturated rings. The summed E-state index contributed by atoms with van der Waals surface area (Å²) in [6, 6.07) is 5.86. The Bertz CT molecular complexity index is 459. The van der Waals surface area contributed by atoms with E-state index in [2.05, 4.69) is 4.90 Å². The fourth-order valence-corrected chi connectivity index (χ4v) is 2.58. The summed E-state index contributed by atoms with van der Waals surface area (Å²) in [5, 5.41) is 9.13. The molecule has 0 spiro atoms. The smallest absolute Gasteiger partial charge is 0.308 e. The fourth-order valence-electron chi connectivity index (χ4n) is 2.58. The first-order valence-electron chi connectivity index (χ1n) is 6.39. The Balaban J connectivity index is 2.33. The molecule has 0 aromatic heterocycles. The van der Waals surface area contributed by atoms with Gasteiger partial charge < -0.3 is 15.7 Å². The molecule has 0 bridgehead atoms. The zero-order valence-corrected chi connectivity index (χ0v) is 10.9. The average molecular weight is 248 g/mol. The number of fused-ring (bicyclic) bond motifs is 1. The van der Waals surface area contributed by atoms with E-state index >= 15 is 0 Å². The van der Waals surface area contributed by atoms with Gasteiger partial charge in [-0.15, -0.1) is 0 Å². The van der Waals surface area contributed by atoms with Crippen molar-refractivity contribution in [3.05, 3.63) is 23.8 Å². The first-order chi connectivity index (χ1) is 8.52. The van der Waals surface area contributed by atoms with Crippen LogP contribution in [0, 0.1) is 5.92 Å². The number of aliphatic carboxylic acids is 1. The third-order valence-corrected chi connectivity index (χ3v) is 3.93. The third-order valence-electron chi connectivity index (χ3n) is 3.93. The van der Waals surface area contributed by atoms with Gasteiger partial charge in [0.05, 0.1) is 5.92 Å². The summed E-state index contributed by atoms with van der Waals surface area (Å²) in [5.41, 5.74) is 9.07. The maximum Gasteiger partial charge on any atom is 0.308 e. The van der Waals surface area contributed by atoms with Gasteiger partial charge in [0.2, 0.25) is 0 Å². The van der Waals surface area contributed by atoms with Crippen LogP contribution in [0.5, 0.6) is 0 Å². The van der Waals surface area contributed by atoms with Crippen LogP contribution in [-0.4, -0.2) is 23.7 Å². The predicted octanol–water partition coefficient (Wildman–Crippen LogP) is 2.13. The van der Waals surface area contributed by atoms with E-state index < -0.39 is 11.9 Å². The second-order valence-corrected chi connectivity index (χ2v) is 5.01. The molecule has 1 aromatic rings. The number of carbonyl (C=O) groups is 1. The Hall–Kier alpha value is -1.71. The van der Waals surface area contributed by atoms with Crippen LogP contribution in [0.25, 0.3) is 0 Å². The summed E-state index contributed by atoms with van der Waals surface area (Å²) in [6.07, 6.45) is 2.00. The Morgan fingerprint density at radius 3 is 2.83 bits per heavy atom. The SMILES string of the molecule is CC(C(=O)O)C(C)N1CCCc2c(N)cccc21. The molecule has 0 aliphatic carbocycles. The zero-order chi connectivity index (χ0) is 13.3. The van der Waals surface area contributed by atoms with Gasteiger partial charge in [-0.2, -0.15) is 0 Å². The van der Waals surface area contributed by atoms with Crippen molar-refractivity contribution in [3.63, 3.8) is 0 Å². The van der Waals surface area contributed by atoms with Crippen LogP contribution in [-0.2, 0) is 11.2 Å². The normalized spacial score (nSPS) is 18.0. The number of benzene rings is 1. The van der Waals surface area contributed by atoms with E-state index in [0.717, 1.165) is 36.3 Å². The quantitative estimate of drug-likeness (QED) is 0.804. The molecule has 4 nitrogen and oxygen atoms in total. The molecule has 0 radical (unpaired) electrons. The topological polar surface area (TPSA) is 66.6 Å². The Kier molecular flexibility index (Phi) is 3.45.